The fourth-order valence-corrected chi connectivity index (χ4v) is 1.80. The molecule has 0 bridgehead atoms. The van der Waals surface area contributed by atoms with Gasteiger partial charge in [-0.2, -0.15) is 0 Å². The SMILES string of the molecule is O=Cc1[nH]c(=O)ccc1-c1ccc(Cl)c(Cl)c1. The molecule has 0 spiro atoms. The van der Waals surface area contributed by atoms with Crippen molar-refractivity contribution in [3.63, 3.8) is 0 Å². The number of aromatic nitrogens is 1. The number of hydrogen-bond donors (Lipinski definition) is 1. The number of aldehydes is 1. The summed E-state index contributed by atoms with van der Waals surface area (Å²) >= 11 is 11.7. The molecule has 0 radical (unpaired) electrons. The number of nitrogens with one attached hydrogen (secondary N) is 1. The van der Waals surface area contributed by atoms with Crippen LogP contribution in [0.5, 0.6) is 0 Å². The standard InChI is InChI=1S/C12H7Cl2NO2/c13-9-3-1-7(5-10(9)14)8-2-4-12(17)15-11(8)6-16/h1-6H,(H,15,17). The second kappa shape index (κ2) is 4.73. The van der Waals surface area contributed by atoms with Gasteiger partial charge in [0.25, 0.3) is 0 Å². The van der Waals surface area contributed by atoms with Crippen LogP contribution in [0.3, 0.4) is 0 Å². The van der Waals surface area contributed by atoms with Gasteiger partial charge in [-0.25, -0.2) is 0 Å². The van der Waals surface area contributed by atoms with Crippen LogP contribution in [0.25, 0.3) is 11.1 Å². The van der Waals surface area contributed by atoms with Crippen molar-refractivity contribution in [2.45, 2.75) is 0 Å². The number of rotatable bonds is 2. The van der Waals surface area contributed by atoms with Crippen molar-refractivity contribution < 1.29 is 4.79 Å². The Morgan fingerprint density at radius 3 is 2.47 bits per heavy atom. The average Bonchev–Trinajstić information content (AvgIpc) is 2.32. The molecule has 0 aliphatic rings. The Morgan fingerprint density at radius 2 is 1.82 bits per heavy atom. The predicted molar refractivity (Wildman–Crippen MR) is 67.9 cm³/mol. The molecule has 86 valence electrons. The summed E-state index contributed by atoms with van der Waals surface area (Å²) in [6, 6.07) is 7.94. The van der Waals surface area contributed by atoms with E-state index in [0.29, 0.717) is 21.9 Å². The highest BCUT2D eigenvalue weighted by atomic mass is 35.5. The minimum Gasteiger partial charge on any atom is -0.319 e. The van der Waals surface area contributed by atoms with Gasteiger partial charge in [-0.05, 0) is 23.8 Å². The molecule has 0 amide bonds. The maximum absolute atomic E-state index is 11.1. The minimum atomic E-state index is -0.323. The van der Waals surface area contributed by atoms with E-state index in [9.17, 15) is 9.59 Å². The third-order valence-electron chi connectivity index (χ3n) is 2.30. The van der Waals surface area contributed by atoms with E-state index in [2.05, 4.69) is 4.98 Å². The summed E-state index contributed by atoms with van der Waals surface area (Å²) in [5.74, 6) is 0. The molecule has 0 aliphatic heterocycles. The number of carbonyl (C=O) groups is 1. The average molecular weight is 268 g/mol. The van der Waals surface area contributed by atoms with E-state index in [1.165, 1.54) is 6.07 Å². The zero-order valence-corrected chi connectivity index (χ0v) is 10.0. The third kappa shape index (κ3) is 2.40. The number of benzene rings is 1. The van der Waals surface area contributed by atoms with E-state index in [-0.39, 0.29) is 11.3 Å². The first-order valence-corrected chi connectivity index (χ1v) is 5.51. The lowest BCUT2D eigenvalue weighted by Gasteiger charge is -2.05. The van der Waals surface area contributed by atoms with Crippen LogP contribution >= 0.6 is 23.2 Å². The van der Waals surface area contributed by atoms with E-state index in [0.717, 1.165) is 5.56 Å². The number of H-pyrrole nitrogens is 1. The van der Waals surface area contributed by atoms with Gasteiger partial charge in [-0.3, -0.25) is 9.59 Å². The summed E-state index contributed by atoms with van der Waals surface area (Å²) < 4.78 is 0. The Bertz CT molecular complexity index is 635. The molecule has 2 rings (SSSR count). The lowest BCUT2D eigenvalue weighted by Crippen LogP contribution is -2.07. The van der Waals surface area contributed by atoms with Crippen molar-refractivity contribution in [1.29, 1.82) is 0 Å². The summed E-state index contributed by atoms with van der Waals surface area (Å²) in [6.07, 6.45) is 0.596. The molecule has 1 aromatic carbocycles. The van der Waals surface area contributed by atoms with Crippen molar-refractivity contribution in [2.24, 2.45) is 0 Å². The predicted octanol–water partition coefficient (Wildman–Crippen LogP) is 3.16. The summed E-state index contributed by atoms with van der Waals surface area (Å²) in [4.78, 5) is 24.4. The molecule has 0 saturated carbocycles. The van der Waals surface area contributed by atoms with E-state index in [1.54, 1.807) is 24.3 Å². The van der Waals surface area contributed by atoms with Gasteiger partial charge in [-0.15, -0.1) is 0 Å². The number of hydrogen-bond acceptors (Lipinski definition) is 2. The highest BCUT2D eigenvalue weighted by Gasteiger charge is 2.07. The molecular formula is C12H7Cl2NO2. The second-order valence-corrected chi connectivity index (χ2v) is 4.21. The first-order valence-electron chi connectivity index (χ1n) is 4.76. The molecule has 0 fully saturated rings. The number of halogens is 2. The van der Waals surface area contributed by atoms with Crippen LogP contribution < -0.4 is 5.56 Å². The van der Waals surface area contributed by atoms with Gasteiger partial charge in [-0.1, -0.05) is 29.3 Å². The highest BCUT2D eigenvalue weighted by molar-refractivity contribution is 6.42. The second-order valence-electron chi connectivity index (χ2n) is 3.40. The molecule has 1 N–H and O–H groups in total. The monoisotopic (exact) mass is 267 g/mol. The molecule has 5 heteroatoms. The maximum atomic E-state index is 11.1. The molecule has 1 aromatic heterocycles. The fourth-order valence-electron chi connectivity index (χ4n) is 1.50. The van der Waals surface area contributed by atoms with Crippen LogP contribution in [0.4, 0.5) is 0 Å². The van der Waals surface area contributed by atoms with Gasteiger partial charge in [0.15, 0.2) is 6.29 Å². The normalized spacial score (nSPS) is 10.2. The fraction of sp³-hybridized carbons (Fsp3) is 0. The summed E-state index contributed by atoms with van der Waals surface area (Å²) in [6.45, 7) is 0. The molecule has 17 heavy (non-hydrogen) atoms. The Labute approximate surface area is 107 Å². The number of pyridine rings is 1. The van der Waals surface area contributed by atoms with Crippen molar-refractivity contribution in [2.75, 3.05) is 0 Å². The highest BCUT2D eigenvalue weighted by Crippen LogP contribution is 2.28. The quantitative estimate of drug-likeness (QED) is 0.850. The van der Waals surface area contributed by atoms with Crippen LogP contribution in [0, 0.1) is 0 Å². The molecule has 0 aliphatic carbocycles. The molecule has 0 atom stereocenters. The van der Waals surface area contributed by atoms with E-state index >= 15 is 0 Å². The molecule has 1 heterocycles. The van der Waals surface area contributed by atoms with E-state index in [1.807, 2.05) is 0 Å². The summed E-state index contributed by atoms with van der Waals surface area (Å²) in [7, 11) is 0. The van der Waals surface area contributed by atoms with Crippen LogP contribution in [0.1, 0.15) is 10.5 Å². The Morgan fingerprint density at radius 1 is 1.06 bits per heavy atom. The number of carbonyl (C=O) groups excluding carboxylic acids is 1. The van der Waals surface area contributed by atoms with Crippen LogP contribution in [0.15, 0.2) is 35.1 Å². The Kier molecular flexibility index (Phi) is 3.31. The lowest BCUT2D eigenvalue weighted by molar-refractivity contribution is 0.111. The molecule has 2 aromatic rings. The molecule has 0 saturated heterocycles. The summed E-state index contributed by atoms with van der Waals surface area (Å²) in [5.41, 5.74) is 1.22. The van der Waals surface area contributed by atoms with E-state index < -0.39 is 0 Å². The number of aromatic amines is 1. The zero-order chi connectivity index (χ0) is 12.4. The van der Waals surface area contributed by atoms with Crippen molar-refractivity contribution in [3.05, 3.63) is 56.4 Å². The van der Waals surface area contributed by atoms with Crippen LogP contribution in [-0.4, -0.2) is 11.3 Å². The van der Waals surface area contributed by atoms with Crippen molar-refractivity contribution in [3.8, 4) is 11.1 Å². The van der Waals surface area contributed by atoms with Crippen LogP contribution in [0.2, 0.25) is 10.0 Å². The van der Waals surface area contributed by atoms with E-state index in [4.69, 9.17) is 23.2 Å². The van der Waals surface area contributed by atoms with Gasteiger partial charge in [0.05, 0.1) is 15.7 Å². The first kappa shape index (κ1) is 11.9. The smallest absolute Gasteiger partial charge is 0.248 e. The van der Waals surface area contributed by atoms with Gasteiger partial charge in [0.2, 0.25) is 5.56 Å². The van der Waals surface area contributed by atoms with Gasteiger partial charge >= 0.3 is 0 Å². The minimum absolute atomic E-state index is 0.218. The van der Waals surface area contributed by atoms with Crippen molar-refractivity contribution in [1.82, 2.24) is 4.98 Å². The lowest BCUT2D eigenvalue weighted by atomic mass is 10.0. The van der Waals surface area contributed by atoms with Crippen molar-refractivity contribution >= 4 is 29.5 Å². The van der Waals surface area contributed by atoms with Gasteiger partial charge < -0.3 is 4.98 Å². The van der Waals surface area contributed by atoms with Gasteiger partial charge in [0, 0.05) is 11.6 Å². The molecular weight excluding hydrogens is 261 g/mol. The third-order valence-corrected chi connectivity index (χ3v) is 3.04. The Balaban J connectivity index is 2.63. The largest absolute Gasteiger partial charge is 0.319 e. The maximum Gasteiger partial charge on any atom is 0.248 e. The van der Waals surface area contributed by atoms with Gasteiger partial charge in [0.1, 0.15) is 0 Å². The topological polar surface area (TPSA) is 49.9 Å². The summed E-state index contributed by atoms with van der Waals surface area (Å²) in [5, 5.41) is 0.833. The Hall–Kier alpha value is -1.58. The first-order chi connectivity index (χ1) is 8.11. The molecule has 3 nitrogen and oxygen atoms in total. The molecule has 0 unspecified atom stereocenters. The zero-order valence-electron chi connectivity index (χ0n) is 8.54. The van der Waals surface area contributed by atoms with Crippen LogP contribution in [-0.2, 0) is 0 Å².